The Balaban J connectivity index is 1.88. The maximum atomic E-state index is 9.93. The Kier molecular flexibility index (Phi) is 9.12. The Labute approximate surface area is 210 Å². The Bertz CT molecular complexity index is 1130. The molecule has 1 unspecified atom stereocenters. The van der Waals surface area contributed by atoms with E-state index in [2.05, 4.69) is 58.0 Å². The molecule has 0 aliphatic rings. The van der Waals surface area contributed by atoms with Crippen molar-refractivity contribution in [3.8, 4) is 16.9 Å². The van der Waals surface area contributed by atoms with Crippen molar-refractivity contribution >= 4 is 0 Å². The maximum absolute atomic E-state index is 9.93. The maximum Gasteiger partial charge on any atom is 0.120 e. The molecule has 3 N–H and O–H groups in total. The SMILES string of the molecule is CCC(O)CCc1ccc(-c2cc(OCc3ccc(CO)c(CO)c3)ccc2C(C)(C)C)c(C)c1. The van der Waals surface area contributed by atoms with E-state index in [0.29, 0.717) is 6.61 Å². The molecule has 3 aromatic rings. The minimum Gasteiger partial charge on any atom is -0.489 e. The summed E-state index contributed by atoms with van der Waals surface area (Å²) in [7, 11) is 0. The molecule has 0 saturated heterocycles. The van der Waals surface area contributed by atoms with Gasteiger partial charge in [0.1, 0.15) is 12.4 Å². The summed E-state index contributed by atoms with van der Waals surface area (Å²) in [6, 6.07) is 18.5. The Morgan fingerprint density at radius 1 is 0.829 bits per heavy atom. The normalized spacial score (nSPS) is 12.6. The molecule has 1 atom stereocenters. The molecule has 3 rings (SSSR count). The fourth-order valence-corrected chi connectivity index (χ4v) is 4.45. The van der Waals surface area contributed by atoms with Crippen LogP contribution in [0.15, 0.2) is 54.6 Å². The largest absolute Gasteiger partial charge is 0.489 e. The van der Waals surface area contributed by atoms with Gasteiger partial charge in [0, 0.05) is 0 Å². The van der Waals surface area contributed by atoms with Gasteiger partial charge in [-0.05, 0) is 94.3 Å². The molecule has 0 fully saturated rings. The number of aryl methyl sites for hydroxylation is 2. The van der Waals surface area contributed by atoms with Gasteiger partial charge in [-0.2, -0.15) is 0 Å². The fourth-order valence-electron chi connectivity index (χ4n) is 4.45. The lowest BCUT2D eigenvalue weighted by Gasteiger charge is -2.25. The van der Waals surface area contributed by atoms with E-state index in [1.54, 1.807) is 0 Å². The van der Waals surface area contributed by atoms with E-state index in [1.807, 2.05) is 31.2 Å². The molecule has 4 nitrogen and oxygen atoms in total. The summed E-state index contributed by atoms with van der Waals surface area (Å²) in [5.74, 6) is 0.791. The van der Waals surface area contributed by atoms with Gasteiger partial charge in [-0.15, -0.1) is 0 Å². The van der Waals surface area contributed by atoms with Crippen LogP contribution in [-0.2, 0) is 31.7 Å². The Morgan fingerprint density at radius 2 is 1.54 bits per heavy atom. The molecule has 0 radical (unpaired) electrons. The number of aliphatic hydroxyl groups is 3. The van der Waals surface area contributed by atoms with E-state index in [-0.39, 0.29) is 24.7 Å². The monoisotopic (exact) mass is 476 g/mol. The van der Waals surface area contributed by atoms with Gasteiger partial charge in [0.15, 0.2) is 0 Å². The van der Waals surface area contributed by atoms with Gasteiger partial charge < -0.3 is 20.1 Å². The third-order valence-electron chi connectivity index (χ3n) is 6.63. The molecule has 0 amide bonds. The van der Waals surface area contributed by atoms with Gasteiger partial charge in [-0.25, -0.2) is 0 Å². The van der Waals surface area contributed by atoms with Crippen LogP contribution in [-0.4, -0.2) is 21.4 Å². The zero-order valence-corrected chi connectivity index (χ0v) is 21.8. The molecule has 3 aromatic carbocycles. The molecule has 0 spiro atoms. The number of hydrogen-bond donors (Lipinski definition) is 3. The number of hydrogen-bond acceptors (Lipinski definition) is 4. The van der Waals surface area contributed by atoms with Crippen LogP contribution in [0.25, 0.3) is 11.1 Å². The average molecular weight is 477 g/mol. The number of ether oxygens (including phenoxy) is 1. The van der Waals surface area contributed by atoms with Crippen molar-refractivity contribution in [2.45, 2.75) is 85.2 Å². The molecule has 0 saturated carbocycles. The van der Waals surface area contributed by atoms with Crippen molar-refractivity contribution < 1.29 is 20.1 Å². The van der Waals surface area contributed by atoms with Crippen molar-refractivity contribution in [3.63, 3.8) is 0 Å². The van der Waals surface area contributed by atoms with Crippen molar-refractivity contribution in [2.24, 2.45) is 0 Å². The highest BCUT2D eigenvalue weighted by Crippen LogP contribution is 2.37. The van der Waals surface area contributed by atoms with Crippen LogP contribution in [0.3, 0.4) is 0 Å². The molecule has 4 heteroatoms. The molecule has 35 heavy (non-hydrogen) atoms. The summed E-state index contributed by atoms with van der Waals surface area (Å²) in [4.78, 5) is 0. The lowest BCUT2D eigenvalue weighted by molar-refractivity contribution is 0.160. The minimum atomic E-state index is -0.246. The summed E-state index contributed by atoms with van der Waals surface area (Å²) < 4.78 is 6.16. The second-order valence-electron chi connectivity index (χ2n) is 10.4. The summed E-state index contributed by atoms with van der Waals surface area (Å²) in [6.45, 7) is 11.0. The van der Waals surface area contributed by atoms with E-state index in [0.717, 1.165) is 41.7 Å². The Morgan fingerprint density at radius 3 is 2.17 bits per heavy atom. The number of rotatable bonds is 10. The fraction of sp³-hybridized carbons (Fsp3) is 0.419. The number of aliphatic hydroxyl groups excluding tert-OH is 3. The van der Waals surface area contributed by atoms with Crippen LogP contribution in [0.4, 0.5) is 0 Å². The highest BCUT2D eigenvalue weighted by Gasteiger charge is 2.20. The third-order valence-corrected chi connectivity index (χ3v) is 6.63. The van der Waals surface area contributed by atoms with Gasteiger partial charge in [0.2, 0.25) is 0 Å². The first-order valence-corrected chi connectivity index (χ1v) is 12.5. The van der Waals surface area contributed by atoms with Crippen LogP contribution >= 0.6 is 0 Å². The van der Waals surface area contributed by atoms with Crippen LogP contribution in [0, 0.1) is 6.92 Å². The second kappa shape index (κ2) is 11.9. The molecular formula is C31H40O4. The molecule has 0 aliphatic carbocycles. The van der Waals surface area contributed by atoms with Gasteiger partial charge >= 0.3 is 0 Å². The van der Waals surface area contributed by atoms with Crippen molar-refractivity contribution in [1.82, 2.24) is 0 Å². The number of benzene rings is 3. The standard InChI is InChI=1S/C31H40O4/c1-6-26(34)11-8-22-9-13-28(21(2)15-22)29-17-27(12-14-30(29)31(3,4)5)35-20-23-7-10-24(18-32)25(16-23)19-33/h7,9-10,12-17,26,32-34H,6,8,11,18-20H2,1-5H3. The van der Waals surface area contributed by atoms with Crippen molar-refractivity contribution in [2.75, 3.05) is 0 Å². The summed E-state index contributed by atoms with van der Waals surface area (Å²) in [5, 5.41) is 28.9. The summed E-state index contributed by atoms with van der Waals surface area (Å²) in [6.07, 6.45) is 2.19. The van der Waals surface area contributed by atoms with Crippen LogP contribution in [0.1, 0.15) is 73.9 Å². The van der Waals surface area contributed by atoms with Crippen molar-refractivity contribution in [1.29, 1.82) is 0 Å². The molecule has 0 heterocycles. The lowest BCUT2D eigenvalue weighted by atomic mass is 9.80. The zero-order valence-electron chi connectivity index (χ0n) is 21.8. The van der Waals surface area contributed by atoms with E-state index in [4.69, 9.17) is 4.74 Å². The van der Waals surface area contributed by atoms with Crippen LogP contribution in [0.5, 0.6) is 5.75 Å². The van der Waals surface area contributed by atoms with Crippen molar-refractivity contribution in [3.05, 3.63) is 88.0 Å². The lowest BCUT2D eigenvalue weighted by Crippen LogP contribution is -2.13. The quantitative estimate of drug-likeness (QED) is 0.325. The Hall–Kier alpha value is -2.66. The third kappa shape index (κ3) is 6.94. The van der Waals surface area contributed by atoms with Gasteiger partial charge in [0.05, 0.1) is 19.3 Å². The molecule has 0 aliphatic heterocycles. The average Bonchev–Trinajstić information content (AvgIpc) is 2.85. The summed E-state index contributed by atoms with van der Waals surface area (Å²) >= 11 is 0. The zero-order chi connectivity index (χ0) is 25.6. The molecule has 0 aromatic heterocycles. The van der Waals surface area contributed by atoms with E-state index in [1.165, 1.54) is 27.8 Å². The predicted molar refractivity (Wildman–Crippen MR) is 143 cm³/mol. The van der Waals surface area contributed by atoms with Crippen LogP contribution in [0.2, 0.25) is 0 Å². The topological polar surface area (TPSA) is 69.9 Å². The smallest absolute Gasteiger partial charge is 0.120 e. The highest BCUT2D eigenvalue weighted by molar-refractivity contribution is 5.73. The summed E-state index contributed by atoms with van der Waals surface area (Å²) in [5.41, 5.74) is 8.45. The van der Waals surface area contributed by atoms with Gasteiger partial charge in [0.25, 0.3) is 0 Å². The molecule has 188 valence electrons. The van der Waals surface area contributed by atoms with E-state index >= 15 is 0 Å². The molecular weight excluding hydrogens is 436 g/mol. The van der Waals surface area contributed by atoms with Gasteiger partial charge in [-0.3, -0.25) is 0 Å². The highest BCUT2D eigenvalue weighted by atomic mass is 16.5. The first kappa shape index (κ1) is 26.9. The van der Waals surface area contributed by atoms with E-state index < -0.39 is 0 Å². The minimum absolute atomic E-state index is 0.0274. The first-order chi connectivity index (χ1) is 16.7. The van der Waals surface area contributed by atoms with Crippen LogP contribution < -0.4 is 4.74 Å². The first-order valence-electron chi connectivity index (χ1n) is 12.5. The predicted octanol–water partition coefficient (Wildman–Crippen LogP) is 6.23. The van der Waals surface area contributed by atoms with E-state index in [9.17, 15) is 15.3 Å². The van der Waals surface area contributed by atoms with Gasteiger partial charge in [-0.1, -0.05) is 64.1 Å². The second-order valence-corrected chi connectivity index (χ2v) is 10.4. The molecule has 0 bridgehead atoms.